The highest BCUT2D eigenvalue weighted by Crippen LogP contribution is 2.67. The first-order chi connectivity index (χ1) is 23.6. The minimum atomic E-state index is 0.320. The van der Waals surface area contributed by atoms with Crippen LogP contribution in [0.5, 0.6) is 0 Å². The van der Waals surface area contributed by atoms with E-state index in [0.29, 0.717) is 29.6 Å². The van der Waals surface area contributed by atoms with Crippen molar-refractivity contribution >= 4 is 0 Å². The summed E-state index contributed by atoms with van der Waals surface area (Å²) < 4.78 is 18.4. The van der Waals surface area contributed by atoms with Gasteiger partial charge >= 0.3 is 0 Å². The zero-order chi connectivity index (χ0) is 35.3. The van der Waals surface area contributed by atoms with Crippen LogP contribution in [0, 0.1) is 46.3 Å². The number of hydrogen-bond acceptors (Lipinski definition) is 4. The number of likely N-dealkylation sites (N-methyl/N-ethyl adjacent to an activating group) is 1. The lowest BCUT2D eigenvalue weighted by Gasteiger charge is -2.58. The van der Waals surface area contributed by atoms with Gasteiger partial charge in [-0.1, -0.05) is 110 Å². The predicted molar refractivity (Wildman–Crippen MR) is 209 cm³/mol. The smallest absolute Gasteiger partial charge is 0.0648 e. The minimum Gasteiger partial charge on any atom is -0.380 e. The number of ether oxygens (including phenoxy) is 3. The first kappa shape index (κ1) is 41.1. The van der Waals surface area contributed by atoms with Gasteiger partial charge in [-0.05, 0) is 131 Å². The lowest BCUT2D eigenvalue weighted by atomic mass is 9.47. The summed E-state index contributed by atoms with van der Waals surface area (Å²) in [4.78, 5) is 2.21. The summed E-state index contributed by atoms with van der Waals surface area (Å²) in [5, 5.41) is 0. The number of nitrogens with zero attached hydrogens (tertiary/aromatic N) is 1. The molecule has 49 heavy (non-hydrogen) atoms. The van der Waals surface area contributed by atoms with Crippen LogP contribution in [0.15, 0.2) is 23.8 Å². The van der Waals surface area contributed by atoms with E-state index in [1.807, 2.05) is 0 Å². The Morgan fingerprint density at radius 2 is 1.55 bits per heavy atom. The van der Waals surface area contributed by atoms with E-state index in [1.165, 1.54) is 103 Å². The highest BCUT2D eigenvalue weighted by atomic mass is 16.5. The maximum absolute atomic E-state index is 6.56. The first-order valence-corrected chi connectivity index (χ1v) is 21.4. The van der Waals surface area contributed by atoms with E-state index < -0.39 is 0 Å². The van der Waals surface area contributed by atoms with Crippen LogP contribution >= 0.6 is 0 Å². The van der Waals surface area contributed by atoms with Gasteiger partial charge in [0.25, 0.3) is 0 Å². The molecule has 9 atom stereocenters. The third-order valence-corrected chi connectivity index (χ3v) is 14.3. The third kappa shape index (κ3) is 11.4. The number of allylic oxidation sites excluding steroid dienone is 2. The molecular weight excluding hydrogens is 602 g/mol. The van der Waals surface area contributed by atoms with Gasteiger partial charge in [0, 0.05) is 13.2 Å². The molecule has 0 aromatic rings. The molecule has 4 nitrogen and oxygen atoms in total. The Bertz CT molecular complexity index is 990. The molecule has 0 aromatic heterocycles. The van der Waals surface area contributed by atoms with Crippen molar-refractivity contribution in [1.82, 2.24) is 4.90 Å². The standard InChI is InChI=1S/C45H81NO3/c1-9-10-15-29-47-33-38(46(7)8)34-48-30-16-13-11-12-14-17-31-49-39-25-27-44(5)37(32-39)21-22-40-42-24-23-41(36(4)20-18-19-35(2)3)45(42,6)28-26-43(40)44/h10,15,21,35-36,38-43H,9,11-14,16-20,22-34H2,1-8H3/b15-10-/t36-,38-,39+,40+,41?,42?,43?,44+,45-/m1/s1. The lowest BCUT2D eigenvalue weighted by Crippen LogP contribution is -2.51. The fraction of sp³-hybridized carbons (Fsp3) is 0.911. The average molecular weight is 684 g/mol. The number of fused-ring (bicyclic) bond motifs is 5. The quantitative estimate of drug-likeness (QED) is 0.0792. The molecule has 0 heterocycles. The monoisotopic (exact) mass is 684 g/mol. The molecule has 4 aliphatic carbocycles. The van der Waals surface area contributed by atoms with Crippen molar-refractivity contribution in [2.24, 2.45) is 46.3 Å². The van der Waals surface area contributed by atoms with Gasteiger partial charge in [-0.2, -0.15) is 0 Å². The first-order valence-electron chi connectivity index (χ1n) is 21.4. The van der Waals surface area contributed by atoms with Crippen LogP contribution in [0.2, 0.25) is 0 Å². The number of hydrogen-bond donors (Lipinski definition) is 0. The van der Waals surface area contributed by atoms with Gasteiger partial charge in [0.15, 0.2) is 0 Å². The van der Waals surface area contributed by atoms with Crippen molar-refractivity contribution in [3.8, 4) is 0 Å². The fourth-order valence-electron chi connectivity index (χ4n) is 11.1. The summed E-state index contributed by atoms with van der Waals surface area (Å²) in [6.45, 7) is 18.9. The van der Waals surface area contributed by atoms with Gasteiger partial charge < -0.3 is 19.1 Å². The van der Waals surface area contributed by atoms with Crippen LogP contribution in [-0.4, -0.2) is 64.2 Å². The Morgan fingerprint density at radius 1 is 0.816 bits per heavy atom. The SMILES string of the molecule is CC/C=C\COC[C@H](COCCCCCCCCO[C@H]1CC[C@@]2(C)C(=CC[C@H]3C4CCC([C@H](C)CCCC(C)C)[C@@]4(C)CCC32)C1)N(C)C. The molecule has 0 aromatic carbocycles. The Kier molecular flexibility index (Phi) is 17.2. The van der Waals surface area contributed by atoms with E-state index in [0.717, 1.165) is 74.8 Å². The van der Waals surface area contributed by atoms with Crippen LogP contribution in [0.1, 0.15) is 157 Å². The maximum Gasteiger partial charge on any atom is 0.0648 e. The molecule has 0 aliphatic heterocycles. The Balaban J connectivity index is 1.08. The van der Waals surface area contributed by atoms with Crippen molar-refractivity contribution in [2.75, 3.05) is 47.1 Å². The van der Waals surface area contributed by atoms with E-state index in [4.69, 9.17) is 14.2 Å². The van der Waals surface area contributed by atoms with E-state index >= 15 is 0 Å². The molecule has 3 fully saturated rings. The maximum atomic E-state index is 6.56. The molecule has 4 heteroatoms. The molecule has 0 radical (unpaired) electrons. The highest BCUT2D eigenvalue weighted by Gasteiger charge is 2.59. The Morgan fingerprint density at radius 3 is 2.29 bits per heavy atom. The van der Waals surface area contributed by atoms with Gasteiger partial charge in [0.1, 0.15) is 0 Å². The lowest BCUT2D eigenvalue weighted by molar-refractivity contribution is -0.0641. The zero-order valence-corrected chi connectivity index (χ0v) is 33.8. The molecule has 4 aliphatic rings. The Hall–Kier alpha value is -0.680. The van der Waals surface area contributed by atoms with E-state index in [9.17, 15) is 0 Å². The van der Waals surface area contributed by atoms with Crippen molar-refractivity contribution in [3.05, 3.63) is 23.8 Å². The molecule has 0 bridgehead atoms. The molecule has 0 amide bonds. The third-order valence-electron chi connectivity index (χ3n) is 14.3. The van der Waals surface area contributed by atoms with Gasteiger partial charge in [-0.25, -0.2) is 0 Å². The van der Waals surface area contributed by atoms with Crippen molar-refractivity contribution < 1.29 is 14.2 Å². The van der Waals surface area contributed by atoms with E-state index in [-0.39, 0.29) is 0 Å². The number of rotatable bonds is 23. The van der Waals surface area contributed by atoms with Gasteiger partial charge in [-0.15, -0.1) is 0 Å². The molecule has 284 valence electrons. The molecule has 3 saturated carbocycles. The van der Waals surface area contributed by atoms with Crippen molar-refractivity contribution in [2.45, 2.75) is 169 Å². The summed E-state index contributed by atoms with van der Waals surface area (Å²) in [6, 6.07) is 0.320. The van der Waals surface area contributed by atoms with Crippen LogP contribution < -0.4 is 0 Å². The number of unbranched alkanes of at least 4 members (excludes halogenated alkanes) is 5. The average Bonchev–Trinajstić information content (AvgIpc) is 3.43. The fourth-order valence-corrected chi connectivity index (χ4v) is 11.1. The summed E-state index contributed by atoms with van der Waals surface area (Å²) in [5.74, 6) is 5.50. The molecule has 3 unspecified atom stereocenters. The molecule has 4 rings (SSSR count). The second-order valence-corrected chi connectivity index (χ2v) is 18.3. The highest BCUT2D eigenvalue weighted by molar-refractivity contribution is 5.25. The van der Waals surface area contributed by atoms with Crippen LogP contribution in [0.3, 0.4) is 0 Å². The van der Waals surface area contributed by atoms with Gasteiger partial charge in [0.05, 0.1) is 32.0 Å². The second kappa shape index (κ2) is 20.5. The van der Waals surface area contributed by atoms with E-state index in [1.54, 1.807) is 5.57 Å². The van der Waals surface area contributed by atoms with Crippen LogP contribution in [-0.2, 0) is 14.2 Å². The normalized spacial score (nSPS) is 32.7. The van der Waals surface area contributed by atoms with Gasteiger partial charge in [0.2, 0.25) is 0 Å². The van der Waals surface area contributed by atoms with Gasteiger partial charge in [-0.3, -0.25) is 0 Å². The van der Waals surface area contributed by atoms with Crippen molar-refractivity contribution in [1.29, 1.82) is 0 Å². The molecule has 0 N–H and O–H groups in total. The second-order valence-electron chi connectivity index (χ2n) is 18.3. The summed E-state index contributed by atoms with van der Waals surface area (Å²) in [7, 11) is 4.23. The van der Waals surface area contributed by atoms with Crippen molar-refractivity contribution in [3.63, 3.8) is 0 Å². The van der Waals surface area contributed by atoms with Crippen LogP contribution in [0.25, 0.3) is 0 Å². The summed E-state index contributed by atoms with van der Waals surface area (Å²) in [5.41, 5.74) is 2.80. The van der Waals surface area contributed by atoms with Crippen LogP contribution in [0.4, 0.5) is 0 Å². The minimum absolute atomic E-state index is 0.320. The zero-order valence-electron chi connectivity index (χ0n) is 33.8. The predicted octanol–water partition coefficient (Wildman–Crippen LogP) is 11.7. The molecular formula is C45H81NO3. The summed E-state index contributed by atoms with van der Waals surface area (Å²) in [6.07, 6.45) is 31.5. The molecule has 0 saturated heterocycles. The van der Waals surface area contributed by atoms with E-state index in [2.05, 4.69) is 78.8 Å². The summed E-state index contributed by atoms with van der Waals surface area (Å²) >= 11 is 0. The molecule has 0 spiro atoms. The largest absolute Gasteiger partial charge is 0.380 e. The Labute approximate surface area is 304 Å². The topological polar surface area (TPSA) is 30.9 Å².